The average molecular weight is 389 g/mol. The standard InChI is InChI=1S/C20H27N3O5/c1-26-12-6-10-21-19(24)17-15-28-18(22-17)14-23(11-7-13-27-2)20(25)16-8-4-3-5-9-16/h3-5,8-9,15H,6-7,10-14H2,1-2H3,(H,21,24). The number of hydrogen-bond acceptors (Lipinski definition) is 6. The lowest BCUT2D eigenvalue weighted by Crippen LogP contribution is -2.32. The second-order valence-electron chi connectivity index (χ2n) is 6.17. The zero-order valence-corrected chi connectivity index (χ0v) is 16.3. The number of carbonyl (C=O) groups is 2. The third-order valence-electron chi connectivity index (χ3n) is 4.01. The molecule has 28 heavy (non-hydrogen) atoms. The summed E-state index contributed by atoms with van der Waals surface area (Å²) in [5.74, 6) is -0.129. The van der Waals surface area contributed by atoms with Crippen LogP contribution in [0.5, 0.6) is 0 Å². The van der Waals surface area contributed by atoms with Crippen molar-refractivity contribution in [3.05, 3.63) is 53.7 Å². The van der Waals surface area contributed by atoms with Crippen molar-refractivity contribution >= 4 is 11.8 Å². The van der Waals surface area contributed by atoms with Gasteiger partial charge < -0.3 is 24.1 Å². The molecule has 8 nitrogen and oxygen atoms in total. The van der Waals surface area contributed by atoms with Crippen LogP contribution in [0, 0.1) is 0 Å². The largest absolute Gasteiger partial charge is 0.446 e. The van der Waals surface area contributed by atoms with Gasteiger partial charge in [0.2, 0.25) is 5.89 Å². The van der Waals surface area contributed by atoms with Gasteiger partial charge in [0, 0.05) is 46.1 Å². The molecule has 0 bridgehead atoms. The quantitative estimate of drug-likeness (QED) is 0.559. The maximum atomic E-state index is 12.8. The summed E-state index contributed by atoms with van der Waals surface area (Å²) in [5.41, 5.74) is 0.777. The number of hydrogen-bond donors (Lipinski definition) is 1. The average Bonchev–Trinajstić information content (AvgIpc) is 3.19. The minimum Gasteiger partial charge on any atom is -0.446 e. The molecule has 0 atom stereocenters. The minimum atomic E-state index is -0.313. The normalized spacial score (nSPS) is 10.6. The van der Waals surface area contributed by atoms with Gasteiger partial charge in [-0.25, -0.2) is 4.98 Å². The molecule has 1 N–H and O–H groups in total. The third kappa shape index (κ3) is 6.79. The van der Waals surface area contributed by atoms with Crippen LogP contribution in [-0.2, 0) is 16.0 Å². The number of nitrogens with zero attached hydrogens (tertiary/aromatic N) is 2. The molecule has 1 heterocycles. The van der Waals surface area contributed by atoms with Crippen molar-refractivity contribution in [2.24, 2.45) is 0 Å². The van der Waals surface area contributed by atoms with Crippen LogP contribution in [0.3, 0.4) is 0 Å². The minimum absolute atomic E-state index is 0.125. The number of methoxy groups -OCH3 is 2. The van der Waals surface area contributed by atoms with Crippen molar-refractivity contribution in [1.29, 1.82) is 0 Å². The lowest BCUT2D eigenvalue weighted by molar-refractivity contribution is 0.0708. The molecule has 1 aromatic heterocycles. The highest BCUT2D eigenvalue weighted by Gasteiger charge is 2.19. The van der Waals surface area contributed by atoms with Crippen molar-refractivity contribution in [2.45, 2.75) is 19.4 Å². The van der Waals surface area contributed by atoms with Gasteiger partial charge in [0.25, 0.3) is 11.8 Å². The topological polar surface area (TPSA) is 93.9 Å². The fourth-order valence-corrected chi connectivity index (χ4v) is 2.58. The Labute approximate surface area is 164 Å². The van der Waals surface area contributed by atoms with Crippen molar-refractivity contribution in [2.75, 3.05) is 40.5 Å². The monoisotopic (exact) mass is 389 g/mol. The zero-order chi connectivity index (χ0) is 20.2. The van der Waals surface area contributed by atoms with Gasteiger partial charge >= 0.3 is 0 Å². The van der Waals surface area contributed by atoms with E-state index >= 15 is 0 Å². The molecule has 2 aromatic rings. The molecule has 2 rings (SSSR count). The molecule has 0 radical (unpaired) electrons. The second-order valence-corrected chi connectivity index (χ2v) is 6.17. The Morgan fingerprint density at radius 3 is 2.54 bits per heavy atom. The summed E-state index contributed by atoms with van der Waals surface area (Å²) in [6, 6.07) is 9.02. The Kier molecular flexibility index (Phi) is 9.17. The van der Waals surface area contributed by atoms with E-state index in [1.165, 1.54) is 6.26 Å². The van der Waals surface area contributed by atoms with Gasteiger partial charge in [0.15, 0.2) is 5.69 Å². The fourth-order valence-electron chi connectivity index (χ4n) is 2.58. The van der Waals surface area contributed by atoms with Crippen LogP contribution in [0.25, 0.3) is 0 Å². The summed E-state index contributed by atoms with van der Waals surface area (Å²) in [6.45, 7) is 2.27. The molecule has 152 valence electrons. The first-order chi connectivity index (χ1) is 13.7. The zero-order valence-electron chi connectivity index (χ0n) is 16.3. The van der Waals surface area contributed by atoms with Crippen LogP contribution in [0.15, 0.2) is 41.0 Å². The molecule has 0 unspecified atom stereocenters. The van der Waals surface area contributed by atoms with Crippen molar-refractivity contribution < 1.29 is 23.5 Å². The van der Waals surface area contributed by atoms with Gasteiger partial charge in [0.05, 0.1) is 6.54 Å². The summed E-state index contributed by atoms with van der Waals surface area (Å²) >= 11 is 0. The van der Waals surface area contributed by atoms with E-state index in [0.29, 0.717) is 50.6 Å². The van der Waals surface area contributed by atoms with Crippen LogP contribution >= 0.6 is 0 Å². The first kappa shape index (κ1) is 21.6. The molecule has 0 fully saturated rings. The predicted molar refractivity (Wildman–Crippen MR) is 103 cm³/mol. The lowest BCUT2D eigenvalue weighted by atomic mass is 10.2. The van der Waals surface area contributed by atoms with E-state index in [1.54, 1.807) is 31.3 Å². The Morgan fingerprint density at radius 1 is 1.11 bits per heavy atom. The number of carbonyl (C=O) groups excluding carboxylic acids is 2. The van der Waals surface area contributed by atoms with Crippen molar-refractivity contribution in [3.8, 4) is 0 Å². The fraction of sp³-hybridized carbons (Fsp3) is 0.450. The first-order valence-corrected chi connectivity index (χ1v) is 9.20. The predicted octanol–water partition coefficient (Wildman–Crippen LogP) is 2.12. The second kappa shape index (κ2) is 11.9. The summed E-state index contributed by atoms with van der Waals surface area (Å²) in [4.78, 5) is 30.8. The molecule has 0 spiro atoms. The van der Waals surface area contributed by atoms with E-state index in [2.05, 4.69) is 10.3 Å². The highest BCUT2D eigenvalue weighted by atomic mass is 16.5. The number of aromatic nitrogens is 1. The number of ether oxygens (including phenoxy) is 2. The Bertz CT molecular complexity index is 732. The summed E-state index contributed by atoms with van der Waals surface area (Å²) < 4.78 is 15.4. The molecule has 0 saturated carbocycles. The Morgan fingerprint density at radius 2 is 1.82 bits per heavy atom. The van der Waals surface area contributed by atoms with Crippen LogP contribution in [0.2, 0.25) is 0 Å². The molecule has 8 heteroatoms. The van der Waals surface area contributed by atoms with Gasteiger partial charge in [-0.05, 0) is 25.0 Å². The highest BCUT2D eigenvalue weighted by Crippen LogP contribution is 2.11. The van der Waals surface area contributed by atoms with Gasteiger partial charge in [-0.2, -0.15) is 0 Å². The highest BCUT2D eigenvalue weighted by molar-refractivity contribution is 5.94. The molecule has 2 amide bonds. The molecule has 1 aromatic carbocycles. The van der Waals surface area contributed by atoms with Crippen molar-refractivity contribution in [3.63, 3.8) is 0 Å². The molecule has 0 aliphatic heterocycles. The van der Waals surface area contributed by atoms with E-state index in [0.717, 1.165) is 0 Å². The summed E-state index contributed by atoms with van der Waals surface area (Å²) in [7, 11) is 3.23. The van der Waals surface area contributed by atoms with Crippen LogP contribution < -0.4 is 5.32 Å². The number of nitrogens with one attached hydrogen (secondary N) is 1. The van der Waals surface area contributed by atoms with Gasteiger partial charge in [-0.15, -0.1) is 0 Å². The van der Waals surface area contributed by atoms with Crippen molar-refractivity contribution in [1.82, 2.24) is 15.2 Å². The van der Waals surface area contributed by atoms with Crippen LogP contribution in [-0.4, -0.2) is 62.2 Å². The van der Waals surface area contributed by atoms with E-state index in [1.807, 2.05) is 18.2 Å². The Hall–Kier alpha value is -2.71. The molecular formula is C20H27N3O5. The number of rotatable bonds is 12. The third-order valence-corrected chi connectivity index (χ3v) is 4.01. The molecule has 0 aliphatic carbocycles. The van der Waals surface area contributed by atoms with E-state index < -0.39 is 0 Å². The number of oxazole rings is 1. The first-order valence-electron chi connectivity index (χ1n) is 9.20. The van der Waals surface area contributed by atoms with Crippen LogP contribution in [0.4, 0.5) is 0 Å². The number of amides is 2. The smallest absolute Gasteiger partial charge is 0.273 e. The van der Waals surface area contributed by atoms with Crippen LogP contribution in [0.1, 0.15) is 39.6 Å². The Balaban J connectivity index is 2.00. The maximum Gasteiger partial charge on any atom is 0.273 e. The van der Waals surface area contributed by atoms with Gasteiger partial charge in [-0.3, -0.25) is 9.59 Å². The van der Waals surface area contributed by atoms with E-state index in [4.69, 9.17) is 13.9 Å². The van der Waals surface area contributed by atoms with E-state index in [9.17, 15) is 9.59 Å². The molecule has 0 saturated heterocycles. The SMILES string of the molecule is COCCCNC(=O)c1coc(CN(CCCOC)C(=O)c2ccccc2)n1. The van der Waals surface area contributed by atoms with Gasteiger partial charge in [-0.1, -0.05) is 18.2 Å². The summed E-state index contributed by atoms with van der Waals surface area (Å²) in [6.07, 6.45) is 2.70. The maximum absolute atomic E-state index is 12.8. The molecular weight excluding hydrogens is 362 g/mol. The van der Waals surface area contributed by atoms with E-state index in [-0.39, 0.29) is 24.1 Å². The lowest BCUT2D eigenvalue weighted by Gasteiger charge is -2.21. The van der Waals surface area contributed by atoms with Gasteiger partial charge in [0.1, 0.15) is 6.26 Å². The molecule has 0 aliphatic rings. The summed E-state index contributed by atoms with van der Waals surface area (Å²) in [5, 5.41) is 2.75. The number of benzene rings is 1.